The molecule has 0 spiro atoms. The first-order valence-electron chi connectivity index (χ1n) is 6.35. The van der Waals surface area contributed by atoms with E-state index in [2.05, 4.69) is 10.5 Å². The van der Waals surface area contributed by atoms with Gasteiger partial charge >= 0.3 is 0 Å². The van der Waals surface area contributed by atoms with Crippen molar-refractivity contribution in [3.05, 3.63) is 29.8 Å². The average molecular weight is 279 g/mol. The molecule has 1 amide bonds. The van der Waals surface area contributed by atoms with Crippen LogP contribution >= 0.6 is 0 Å². The standard InChI is InChI=1S/C14H21N3O3/c1-9(2)12(13(15)17-19)14(18)16-11-6-4-5-10(7-11)8-20-3/h4-7,9,12,19H,8H2,1-3H3,(H2,15,17)(H,16,18). The van der Waals surface area contributed by atoms with Gasteiger partial charge in [-0.15, -0.1) is 0 Å². The first-order valence-corrected chi connectivity index (χ1v) is 6.35. The van der Waals surface area contributed by atoms with Gasteiger partial charge in [0.1, 0.15) is 5.92 Å². The number of benzene rings is 1. The monoisotopic (exact) mass is 279 g/mol. The van der Waals surface area contributed by atoms with Crippen molar-refractivity contribution in [1.29, 1.82) is 0 Å². The van der Waals surface area contributed by atoms with Gasteiger partial charge in [0.05, 0.1) is 6.61 Å². The summed E-state index contributed by atoms with van der Waals surface area (Å²) in [5.74, 6) is -1.14. The van der Waals surface area contributed by atoms with Gasteiger partial charge < -0.3 is 21.0 Å². The Hall–Kier alpha value is -2.08. The molecule has 6 heteroatoms. The number of nitrogens with one attached hydrogen (secondary N) is 1. The van der Waals surface area contributed by atoms with Gasteiger partial charge in [-0.05, 0) is 23.6 Å². The van der Waals surface area contributed by atoms with E-state index >= 15 is 0 Å². The minimum Gasteiger partial charge on any atom is -0.409 e. The van der Waals surface area contributed by atoms with Crippen molar-refractivity contribution in [1.82, 2.24) is 0 Å². The maximum atomic E-state index is 12.2. The van der Waals surface area contributed by atoms with E-state index in [9.17, 15) is 4.79 Å². The van der Waals surface area contributed by atoms with Crippen LogP contribution in [-0.4, -0.2) is 24.1 Å². The van der Waals surface area contributed by atoms with Crippen molar-refractivity contribution < 1.29 is 14.7 Å². The van der Waals surface area contributed by atoms with Gasteiger partial charge in [-0.3, -0.25) is 4.79 Å². The summed E-state index contributed by atoms with van der Waals surface area (Å²) in [4.78, 5) is 12.2. The van der Waals surface area contributed by atoms with Crippen LogP contribution in [0.5, 0.6) is 0 Å². The summed E-state index contributed by atoms with van der Waals surface area (Å²) in [7, 11) is 1.61. The zero-order valence-electron chi connectivity index (χ0n) is 12.0. The van der Waals surface area contributed by atoms with Crippen LogP contribution in [-0.2, 0) is 16.1 Å². The van der Waals surface area contributed by atoms with Gasteiger partial charge in [-0.25, -0.2) is 0 Å². The van der Waals surface area contributed by atoms with E-state index in [0.717, 1.165) is 5.56 Å². The fourth-order valence-corrected chi connectivity index (χ4v) is 1.97. The Morgan fingerprint density at radius 1 is 1.50 bits per heavy atom. The molecule has 0 fully saturated rings. The number of anilines is 1. The summed E-state index contributed by atoms with van der Waals surface area (Å²) in [6, 6.07) is 7.34. The Labute approximate surface area is 118 Å². The van der Waals surface area contributed by atoms with Crippen LogP contribution in [0.4, 0.5) is 5.69 Å². The number of nitrogens with two attached hydrogens (primary N) is 1. The predicted octanol–water partition coefficient (Wildman–Crippen LogP) is 1.79. The van der Waals surface area contributed by atoms with Crippen molar-refractivity contribution in [2.24, 2.45) is 22.7 Å². The third kappa shape index (κ3) is 4.24. The minimum atomic E-state index is -0.675. The second-order valence-electron chi connectivity index (χ2n) is 4.87. The molecule has 1 aromatic rings. The Bertz CT molecular complexity index is 486. The Morgan fingerprint density at radius 3 is 2.75 bits per heavy atom. The lowest BCUT2D eigenvalue weighted by Gasteiger charge is -2.19. The van der Waals surface area contributed by atoms with Gasteiger partial charge in [0.2, 0.25) is 5.91 Å². The maximum Gasteiger partial charge on any atom is 0.235 e. The number of nitrogens with zero attached hydrogens (tertiary/aromatic N) is 1. The quantitative estimate of drug-likeness (QED) is 0.320. The van der Waals surface area contributed by atoms with E-state index in [1.165, 1.54) is 0 Å². The second-order valence-corrected chi connectivity index (χ2v) is 4.87. The molecule has 0 radical (unpaired) electrons. The van der Waals surface area contributed by atoms with Crippen molar-refractivity contribution in [3.63, 3.8) is 0 Å². The Kier molecular flexibility index (Phi) is 5.99. The molecule has 110 valence electrons. The molecule has 0 heterocycles. The second kappa shape index (κ2) is 7.49. The molecule has 0 bridgehead atoms. The number of oxime groups is 1. The number of ether oxygens (including phenoxy) is 1. The minimum absolute atomic E-state index is 0.0759. The van der Waals surface area contributed by atoms with Crippen molar-refractivity contribution in [3.8, 4) is 0 Å². The summed E-state index contributed by atoms with van der Waals surface area (Å²) >= 11 is 0. The summed E-state index contributed by atoms with van der Waals surface area (Å²) in [5, 5.41) is 14.5. The van der Waals surface area contributed by atoms with Gasteiger partial charge in [0.25, 0.3) is 0 Å². The summed E-state index contributed by atoms with van der Waals surface area (Å²) in [6.45, 7) is 4.14. The Balaban J connectivity index is 2.85. The van der Waals surface area contributed by atoms with E-state index in [0.29, 0.717) is 12.3 Å². The van der Waals surface area contributed by atoms with Crippen molar-refractivity contribution in [2.75, 3.05) is 12.4 Å². The molecule has 6 nitrogen and oxygen atoms in total. The van der Waals surface area contributed by atoms with Crippen molar-refractivity contribution in [2.45, 2.75) is 20.5 Å². The predicted molar refractivity (Wildman–Crippen MR) is 77.5 cm³/mol. The third-order valence-corrected chi connectivity index (χ3v) is 2.89. The highest BCUT2D eigenvalue weighted by molar-refractivity contribution is 6.07. The highest BCUT2D eigenvalue weighted by atomic mass is 16.5. The normalized spacial score (nSPS) is 13.3. The van der Waals surface area contributed by atoms with Crippen LogP contribution in [0.15, 0.2) is 29.4 Å². The fraction of sp³-hybridized carbons (Fsp3) is 0.429. The number of methoxy groups -OCH3 is 1. The molecule has 1 unspecified atom stereocenters. The molecule has 1 aromatic carbocycles. The highest BCUT2D eigenvalue weighted by Gasteiger charge is 2.26. The van der Waals surface area contributed by atoms with Crippen molar-refractivity contribution >= 4 is 17.4 Å². The van der Waals surface area contributed by atoms with Gasteiger partial charge in [0.15, 0.2) is 5.84 Å². The number of hydrogen-bond acceptors (Lipinski definition) is 4. The summed E-state index contributed by atoms with van der Waals surface area (Å²) < 4.78 is 5.04. The SMILES string of the molecule is COCc1cccc(NC(=O)C(C(N)=NO)C(C)C)c1. The number of carbonyl (C=O) groups is 1. The number of amidine groups is 1. The molecule has 0 aliphatic carbocycles. The number of amides is 1. The van der Waals surface area contributed by atoms with Crippen LogP contribution < -0.4 is 11.1 Å². The largest absolute Gasteiger partial charge is 0.409 e. The number of carbonyl (C=O) groups excluding carboxylic acids is 1. The van der Waals surface area contributed by atoms with Crippen LogP contribution in [0.25, 0.3) is 0 Å². The zero-order chi connectivity index (χ0) is 15.1. The van der Waals surface area contributed by atoms with Crippen LogP contribution in [0.1, 0.15) is 19.4 Å². The molecule has 0 aliphatic heterocycles. The van der Waals surface area contributed by atoms with E-state index in [1.54, 1.807) is 13.2 Å². The lowest BCUT2D eigenvalue weighted by Crippen LogP contribution is -2.38. The zero-order valence-corrected chi connectivity index (χ0v) is 12.0. The van der Waals surface area contributed by atoms with E-state index in [1.807, 2.05) is 32.0 Å². The van der Waals surface area contributed by atoms with E-state index < -0.39 is 5.92 Å². The molecule has 0 saturated carbocycles. The van der Waals surface area contributed by atoms with Crippen LogP contribution in [0.3, 0.4) is 0 Å². The van der Waals surface area contributed by atoms with Crippen LogP contribution in [0, 0.1) is 11.8 Å². The van der Waals surface area contributed by atoms with Gasteiger partial charge in [0, 0.05) is 12.8 Å². The lowest BCUT2D eigenvalue weighted by atomic mass is 9.93. The van der Waals surface area contributed by atoms with Gasteiger partial charge in [-0.2, -0.15) is 0 Å². The topological polar surface area (TPSA) is 96.9 Å². The molecule has 0 aromatic heterocycles. The smallest absolute Gasteiger partial charge is 0.235 e. The van der Waals surface area contributed by atoms with Crippen LogP contribution in [0.2, 0.25) is 0 Å². The molecule has 1 atom stereocenters. The summed E-state index contributed by atoms with van der Waals surface area (Å²) in [6.07, 6.45) is 0. The Morgan fingerprint density at radius 2 is 2.20 bits per heavy atom. The number of rotatable bonds is 6. The van der Waals surface area contributed by atoms with E-state index in [4.69, 9.17) is 15.7 Å². The fourth-order valence-electron chi connectivity index (χ4n) is 1.97. The molecule has 0 saturated heterocycles. The molecule has 1 rings (SSSR count). The highest BCUT2D eigenvalue weighted by Crippen LogP contribution is 2.16. The van der Waals surface area contributed by atoms with Gasteiger partial charge in [-0.1, -0.05) is 31.1 Å². The number of hydrogen-bond donors (Lipinski definition) is 3. The molecule has 0 aliphatic rings. The molecular weight excluding hydrogens is 258 g/mol. The van der Waals surface area contributed by atoms with E-state index in [-0.39, 0.29) is 17.7 Å². The molecule has 20 heavy (non-hydrogen) atoms. The molecular formula is C14H21N3O3. The summed E-state index contributed by atoms with van der Waals surface area (Å²) in [5.41, 5.74) is 7.18. The maximum absolute atomic E-state index is 12.2. The third-order valence-electron chi connectivity index (χ3n) is 2.89. The first-order chi connectivity index (χ1) is 9.49. The lowest BCUT2D eigenvalue weighted by molar-refractivity contribution is -0.119. The molecule has 4 N–H and O–H groups in total. The first kappa shape index (κ1) is 16.0. The average Bonchev–Trinajstić information content (AvgIpc) is 2.39.